The number of carbonyl (C=O) groups is 1. The summed E-state index contributed by atoms with van der Waals surface area (Å²) in [5.41, 5.74) is 4.30. The number of nitrogens with one attached hydrogen (secondary N) is 1. The van der Waals surface area contributed by atoms with E-state index in [0.717, 1.165) is 47.8 Å². The number of carboxylic acids is 1. The molecule has 4 nitrogen and oxygen atoms in total. The first kappa shape index (κ1) is 10.3. The first-order valence-corrected chi connectivity index (χ1v) is 5.91. The van der Waals surface area contributed by atoms with Crippen LogP contribution in [-0.2, 0) is 12.8 Å². The van der Waals surface area contributed by atoms with Crippen molar-refractivity contribution >= 4 is 16.9 Å². The molecular formula is C13H14N2O2. The Labute approximate surface area is 98.7 Å². The molecule has 2 aromatic heterocycles. The molecule has 1 aliphatic carbocycles. The molecule has 2 heterocycles. The molecule has 0 radical (unpaired) electrons. The van der Waals surface area contributed by atoms with Gasteiger partial charge in [-0.15, -0.1) is 0 Å². The molecule has 0 saturated carbocycles. The van der Waals surface area contributed by atoms with E-state index < -0.39 is 5.97 Å². The molecule has 0 bridgehead atoms. The minimum Gasteiger partial charge on any atom is -0.476 e. The van der Waals surface area contributed by atoms with Crippen LogP contribution >= 0.6 is 0 Å². The third-order valence-electron chi connectivity index (χ3n) is 3.50. The van der Waals surface area contributed by atoms with Crippen molar-refractivity contribution in [2.24, 2.45) is 0 Å². The number of aromatic amines is 1. The lowest BCUT2D eigenvalue weighted by molar-refractivity contribution is 0.0692. The average Bonchev–Trinajstić information content (AvgIpc) is 2.71. The van der Waals surface area contributed by atoms with E-state index in [-0.39, 0.29) is 5.69 Å². The third kappa shape index (κ3) is 1.44. The molecule has 0 fully saturated rings. The molecule has 0 atom stereocenters. The largest absolute Gasteiger partial charge is 0.476 e. The summed E-state index contributed by atoms with van der Waals surface area (Å²) in [5, 5.41) is 10.0. The van der Waals surface area contributed by atoms with Crippen LogP contribution in [0.2, 0.25) is 0 Å². The molecule has 0 aromatic carbocycles. The lowest BCUT2D eigenvalue weighted by Gasteiger charge is -2.16. The quantitative estimate of drug-likeness (QED) is 0.790. The predicted molar refractivity (Wildman–Crippen MR) is 64.4 cm³/mol. The Bertz CT molecular complexity index is 613. The molecule has 0 spiro atoms. The van der Waals surface area contributed by atoms with Crippen LogP contribution in [0.1, 0.15) is 40.2 Å². The van der Waals surface area contributed by atoms with E-state index in [2.05, 4.69) is 9.97 Å². The topological polar surface area (TPSA) is 66.0 Å². The summed E-state index contributed by atoms with van der Waals surface area (Å²) >= 11 is 0. The highest BCUT2D eigenvalue weighted by atomic mass is 16.4. The lowest BCUT2D eigenvalue weighted by atomic mass is 9.93. The molecule has 2 aromatic rings. The lowest BCUT2D eigenvalue weighted by Crippen LogP contribution is -2.11. The molecule has 0 saturated heterocycles. The van der Waals surface area contributed by atoms with Crippen LogP contribution in [-0.4, -0.2) is 21.0 Å². The maximum Gasteiger partial charge on any atom is 0.355 e. The van der Waals surface area contributed by atoms with Gasteiger partial charge in [0.2, 0.25) is 0 Å². The van der Waals surface area contributed by atoms with Crippen molar-refractivity contribution < 1.29 is 9.90 Å². The van der Waals surface area contributed by atoms with Crippen molar-refractivity contribution in [3.63, 3.8) is 0 Å². The van der Waals surface area contributed by atoms with Crippen LogP contribution in [0, 0.1) is 6.92 Å². The zero-order valence-electron chi connectivity index (χ0n) is 9.71. The van der Waals surface area contributed by atoms with Gasteiger partial charge in [-0.25, -0.2) is 9.78 Å². The summed E-state index contributed by atoms with van der Waals surface area (Å²) in [6, 6.07) is 0. The van der Waals surface area contributed by atoms with Crippen molar-refractivity contribution in [1.82, 2.24) is 9.97 Å². The number of aryl methyl sites for hydroxylation is 3. The smallest absolute Gasteiger partial charge is 0.355 e. The summed E-state index contributed by atoms with van der Waals surface area (Å²) in [5.74, 6) is -0.939. The highest BCUT2D eigenvalue weighted by Gasteiger charge is 2.22. The second kappa shape index (κ2) is 3.58. The number of aromatic nitrogens is 2. The number of carboxylic acid groups (broad SMARTS) is 1. The van der Waals surface area contributed by atoms with Crippen molar-refractivity contribution in [1.29, 1.82) is 0 Å². The molecule has 0 unspecified atom stereocenters. The fourth-order valence-corrected chi connectivity index (χ4v) is 2.69. The highest BCUT2D eigenvalue weighted by molar-refractivity contribution is 6.03. The first-order chi connectivity index (χ1) is 8.18. The molecular weight excluding hydrogens is 216 g/mol. The summed E-state index contributed by atoms with van der Waals surface area (Å²) in [6.45, 7) is 1.92. The van der Waals surface area contributed by atoms with Crippen LogP contribution in [0.15, 0.2) is 6.20 Å². The molecule has 0 aliphatic heterocycles. The van der Waals surface area contributed by atoms with Gasteiger partial charge in [0.15, 0.2) is 5.69 Å². The summed E-state index contributed by atoms with van der Waals surface area (Å²) < 4.78 is 0. The van der Waals surface area contributed by atoms with Gasteiger partial charge < -0.3 is 10.1 Å². The second-order valence-electron chi connectivity index (χ2n) is 4.62. The monoisotopic (exact) mass is 230 g/mol. The van der Waals surface area contributed by atoms with Gasteiger partial charge in [0.05, 0.1) is 5.52 Å². The van der Waals surface area contributed by atoms with E-state index in [4.69, 9.17) is 0 Å². The Morgan fingerprint density at radius 3 is 2.94 bits per heavy atom. The highest BCUT2D eigenvalue weighted by Crippen LogP contribution is 2.30. The van der Waals surface area contributed by atoms with Crippen molar-refractivity contribution in [3.05, 3.63) is 28.7 Å². The van der Waals surface area contributed by atoms with E-state index in [0.29, 0.717) is 0 Å². The Kier molecular flexibility index (Phi) is 2.18. The van der Waals surface area contributed by atoms with Crippen LogP contribution in [0.25, 0.3) is 10.9 Å². The van der Waals surface area contributed by atoms with Crippen molar-refractivity contribution in [3.8, 4) is 0 Å². The summed E-state index contributed by atoms with van der Waals surface area (Å²) in [7, 11) is 0. The molecule has 4 heteroatoms. The Morgan fingerprint density at radius 2 is 2.18 bits per heavy atom. The summed E-state index contributed by atoms with van der Waals surface area (Å²) in [4.78, 5) is 18.8. The minimum atomic E-state index is -0.939. The Morgan fingerprint density at radius 1 is 1.41 bits per heavy atom. The zero-order valence-corrected chi connectivity index (χ0v) is 9.71. The van der Waals surface area contributed by atoms with Gasteiger partial charge in [-0.2, -0.15) is 0 Å². The van der Waals surface area contributed by atoms with E-state index in [1.807, 2.05) is 13.1 Å². The fourth-order valence-electron chi connectivity index (χ4n) is 2.69. The van der Waals surface area contributed by atoms with E-state index in [9.17, 15) is 9.90 Å². The number of hydrogen-bond acceptors (Lipinski definition) is 2. The van der Waals surface area contributed by atoms with E-state index in [1.54, 1.807) is 0 Å². The predicted octanol–water partition coefficient (Wildman–Crippen LogP) is 2.45. The second-order valence-corrected chi connectivity index (χ2v) is 4.62. The normalized spacial score (nSPS) is 14.9. The molecule has 88 valence electrons. The van der Waals surface area contributed by atoms with Gasteiger partial charge in [0.1, 0.15) is 0 Å². The molecule has 0 amide bonds. The van der Waals surface area contributed by atoms with Crippen LogP contribution in [0.4, 0.5) is 0 Å². The number of H-pyrrole nitrogens is 1. The Balaban J connectivity index is 2.41. The van der Waals surface area contributed by atoms with Gasteiger partial charge in [0, 0.05) is 17.3 Å². The van der Waals surface area contributed by atoms with Crippen LogP contribution in [0.5, 0.6) is 0 Å². The minimum absolute atomic E-state index is 0.194. The maximum absolute atomic E-state index is 11.3. The van der Waals surface area contributed by atoms with Crippen molar-refractivity contribution in [2.45, 2.75) is 32.6 Å². The standard InChI is InChI=1S/C13H14N2O2/c1-7-6-14-11-8-4-2-3-5-9(8)15-12(10(7)11)13(16)17/h6,14H,2-5H2,1H3,(H,16,17). The average molecular weight is 230 g/mol. The Hall–Kier alpha value is -1.84. The first-order valence-electron chi connectivity index (χ1n) is 5.91. The van der Waals surface area contributed by atoms with Gasteiger partial charge in [-0.05, 0) is 43.7 Å². The molecule has 17 heavy (non-hydrogen) atoms. The number of pyridine rings is 1. The van der Waals surface area contributed by atoms with Crippen LogP contribution in [0.3, 0.4) is 0 Å². The third-order valence-corrected chi connectivity index (χ3v) is 3.50. The molecule has 2 N–H and O–H groups in total. The van der Waals surface area contributed by atoms with Gasteiger partial charge in [0.25, 0.3) is 0 Å². The van der Waals surface area contributed by atoms with Crippen LogP contribution < -0.4 is 0 Å². The van der Waals surface area contributed by atoms with Gasteiger partial charge >= 0.3 is 5.97 Å². The number of fused-ring (bicyclic) bond motifs is 3. The fraction of sp³-hybridized carbons (Fsp3) is 0.385. The van der Waals surface area contributed by atoms with E-state index >= 15 is 0 Å². The number of hydrogen-bond donors (Lipinski definition) is 2. The molecule has 3 rings (SSSR count). The maximum atomic E-state index is 11.3. The number of rotatable bonds is 1. The van der Waals surface area contributed by atoms with Gasteiger partial charge in [-0.1, -0.05) is 0 Å². The van der Waals surface area contributed by atoms with E-state index in [1.165, 1.54) is 5.56 Å². The summed E-state index contributed by atoms with van der Waals surface area (Å²) in [6.07, 6.45) is 6.02. The number of aromatic carboxylic acids is 1. The van der Waals surface area contributed by atoms with Crippen molar-refractivity contribution in [2.75, 3.05) is 0 Å². The zero-order chi connectivity index (χ0) is 12.0. The SMILES string of the molecule is Cc1c[nH]c2c3c(nc(C(=O)O)c12)CCCC3. The molecule has 1 aliphatic rings. The number of nitrogens with zero attached hydrogens (tertiary/aromatic N) is 1. The van der Waals surface area contributed by atoms with Gasteiger partial charge in [-0.3, -0.25) is 0 Å².